The molecule has 0 spiro atoms. The van der Waals surface area contributed by atoms with Crippen LogP contribution in [-0.4, -0.2) is 4.98 Å². The fourth-order valence-electron chi connectivity index (χ4n) is 0.596. The number of pyridine rings is 1. The fourth-order valence-corrected chi connectivity index (χ4v) is 0.825. The van der Waals surface area contributed by atoms with E-state index in [0.717, 1.165) is 5.69 Å². The summed E-state index contributed by atoms with van der Waals surface area (Å²) in [5.41, 5.74) is 1.56. The summed E-state index contributed by atoms with van der Waals surface area (Å²) in [6, 6.07) is 3.75. The van der Waals surface area contributed by atoms with E-state index < -0.39 is 0 Å². The van der Waals surface area contributed by atoms with Crippen LogP contribution in [-0.2, 0) is 0 Å². The van der Waals surface area contributed by atoms with Crippen molar-refractivity contribution in [3.05, 3.63) is 34.5 Å². The van der Waals surface area contributed by atoms with E-state index in [-0.39, 0.29) is 11.0 Å². The molecule has 0 radical (unpaired) electrons. The lowest BCUT2D eigenvalue weighted by molar-refractivity contribution is 1.19. The molecular formula is C8H8BrN. The van der Waals surface area contributed by atoms with Crippen LogP contribution < -0.4 is 0 Å². The molecule has 0 aromatic carbocycles. The van der Waals surface area contributed by atoms with Gasteiger partial charge in [0.2, 0.25) is 0 Å². The third-order valence-electron chi connectivity index (χ3n) is 1.10. The predicted octanol–water partition coefficient (Wildman–Crippen LogP) is 2.76. The lowest BCUT2D eigenvalue weighted by atomic mass is 10.2. The third kappa shape index (κ3) is 1.95. The topological polar surface area (TPSA) is 12.9 Å². The molecule has 1 aromatic rings. The van der Waals surface area contributed by atoms with Gasteiger partial charge in [-0.1, -0.05) is 22.0 Å². The zero-order chi connectivity index (χ0) is 9.14. The Labute approximate surface area is 71.7 Å². The first-order chi connectivity index (χ1) is 5.61. The van der Waals surface area contributed by atoms with Crippen molar-refractivity contribution in [2.75, 3.05) is 0 Å². The van der Waals surface area contributed by atoms with Crippen LogP contribution in [0.25, 0.3) is 6.05 Å². The van der Waals surface area contributed by atoms with Crippen LogP contribution in [0, 0.1) is 6.92 Å². The Morgan fingerprint density at radius 3 is 3.00 bits per heavy atom. The molecule has 1 heterocycles. The third-order valence-corrected chi connectivity index (χ3v) is 1.30. The average molecular weight is 200 g/mol. The summed E-state index contributed by atoms with van der Waals surface area (Å²) in [6.45, 7) is 1.88. The SMILES string of the molecule is [2H]C(Br)=C([2H])c1ccc(C)nc1. The van der Waals surface area contributed by atoms with Crippen LogP contribution in [0.4, 0.5) is 0 Å². The van der Waals surface area contributed by atoms with Gasteiger partial charge in [0.05, 0.1) is 2.74 Å². The van der Waals surface area contributed by atoms with Gasteiger partial charge in [0.25, 0.3) is 0 Å². The van der Waals surface area contributed by atoms with Gasteiger partial charge in [-0.25, -0.2) is 0 Å². The van der Waals surface area contributed by atoms with Crippen molar-refractivity contribution in [2.24, 2.45) is 0 Å². The first-order valence-corrected chi connectivity index (χ1v) is 3.66. The summed E-state index contributed by atoms with van der Waals surface area (Å²) in [5.74, 6) is 0. The van der Waals surface area contributed by atoms with Gasteiger partial charge < -0.3 is 0 Å². The highest BCUT2D eigenvalue weighted by molar-refractivity contribution is 9.11. The van der Waals surface area contributed by atoms with Gasteiger partial charge in [-0.05, 0) is 29.6 Å². The van der Waals surface area contributed by atoms with Crippen molar-refractivity contribution in [2.45, 2.75) is 6.92 Å². The second kappa shape index (κ2) is 3.52. The Morgan fingerprint density at radius 1 is 1.70 bits per heavy atom. The van der Waals surface area contributed by atoms with E-state index in [1.807, 2.05) is 13.0 Å². The Hall–Kier alpha value is -0.630. The van der Waals surface area contributed by atoms with E-state index in [1.54, 1.807) is 12.3 Å². The molecule has 52 valence electrons. The molecule has 0 saturated heterocycles. The van der Waals surface area contributed by atoms with Gasteiger partial charge in [-0.3, -0.25) is 4.98 Å². The largest absolute Gasteiger partial charge is 0.261 e. The first-order valence-electron chi connectivity index (χ1n) is 3.87. The van der Waals surface area contributed by atoms with Crippen LogP contribution in [0.5, 0.6) is 0 Å². The minimum absolute atomic E-state index is 0.0770. The lowest BCUT2D eigenvalue weighted by Gasteiger charge is -1.91. The van der Waals surface area contributed by atoms with Crippen molar-refractivity contribution >= 4 is 22.0 Å². The maximum Gasteiger partial charge on any atom is 0.0703 e. The van der Waals surface area contributed by atoms with Gasteiger partial charge >= 0.3 is 0 Å². The Kier molecular flexibility index (Phi) is 1.79. The zero-order valence-corrected chi connectivity index (χ0v) is 7.14. The molecule has 2 heteroatoms. The van der Waals surface area contributed by atoms with Crippen LogP contribution in [0.2, 0.25) is 0 Å². The van der Waals surface area contributed by atoms with Crippen LogP contribution in [0.15, 0.2) is 23.3 Å². The van der Waals surface area contributed by atoms with Crippen LogP contribution in [0.3, 0.4) is 0 Å². The molecule has 0 bridgehead atoms. The maximum atomic E-state index is 7.44. The van der Waals surface area contributed by atoms with E-state index in [0.29, 0.717) is 5.56 Å². The lowest BCUT2D eigenvalue weighted by Crippen LogP contribution is -1.79. The van der Waals surface area contributed by atoms with Crippen molar-refractivity contribution in [1.29, 1.82) is 0 Å². The van der Waals surface area contributed by atoms with Gasteiger partial charge in [-0.2, -0.15) is 0 Å². The maximum absolute atomic E-state index is 7.44. The van der Waals surface area contributed by atoms with E-state index in [4.69, 9.17) is 2.74 Å². The van der Waals surface area contributed by atoms with Gasteiger partial charge in [0.15, 0.2) is 0 Å². The molecule has 0 amide bonds. The van der Waals surface area contributed by atoms with Crippen molar-refractivity contribution in [1.82, 2.24) is 4.98 Å². The standard InChI is InChI=1S/C8H8BrN/c1-7-2-3-8(4-5-9)6-10-7/h2-6H,1H3/i4D,5D. The van der Waals surface area contributed by atoms with Crippen molar-refractivity contribution < 1.29 is 2.74 Å². The minimum Gasteiger partial charge on any atom is -0.261 e. The second-order valence-corrected chi connectivity index (χ2v) is 2.30. The number of halogens is 1. The molecule has 0 atom stereocenters. The molecule has 1 nitrogen and oxygen atoms in total. The van der Waals surface area contributed by atoms with Gasteiger partial charge in [0, 0.05) is 11.9 Å². The number of hydrogen-bond donors (Lipinski definition) is 0. The summed E-state index contributed by atoms with van der Waals surface area (Å²) in [4.78, 5) is 4.10. The Bertz CT molecular complexity index is 301. The van der Waals surface area contributed by atoms with E-state index in [1.165, 1.54) is 0 Å². The molecule has 0 aliphatic heterocycles. The summed E-state index contributed by atoms with van der Waals surface area (Å²) >= 11 is 2.93. The highest BCUT2D eigenvalue weighted by Crippen LogP contribution is 2.02. The summed E-state index contributed by atoms with van der Waals surface area (Å²) in [7, 11) is 0. The fraction of sp³-hybridized carbons (Fsp3) is 0.125. The molecule has 1 rings (SSSR count). The predicted molar refractivity (Wildman–Crippen MR) is 46.9 cm³/mol. The normalized spacial score (nSPS) is 15.4. The van der Waals surface area contributed by atoms with Crippen LogP contribution >= 0.6 is 15.9 Å². The molecule has 1 aromatic heterocycles. The number of aromatic nitrogens is 1. The smallest absolute Gasteiger partial charge is 0.0703 e. The molecule has 0 aliphatic carbocycles. The second-order valence-electron chi connectivity index (χ2n) is 1.91. The summed E-state index contributed by atoms with van der Waals surface area (Å²) in [6.07, 6.45) is 1.59. The van der Waals surface area contributed by atoms with Gasteiger partial charge in [0.1, 0.15) is 0 Å². The zero-order valence-electron chi connectivity index (χ0n) is 7.56. The molecule has 0 N–H and O–H groups in total. The Morgan fingerprint density at radius 2 is 2.50 bits per heavy atom. The monoisotopic (exact) mass is 199 g/mol. The molecule has 0 aliphatic rings. The number of nitrogens with zero attached hydrogens (tertiary/aromatic N) is 1. The first kappa shape index (κ1) is 5.08. The quantitative estimate of drug-likeness (QED) is 0.679. The molecule has 10 heavy (non-hydrogen) atoms. The molecule has 0 saturated carbocycles. The van der Waals surface area contributed by atoms with E-state index in [9.17, 15) is 0 Å². The highest BCUT2D eigenvalue weighted by atomic mass is 79.9. The van der Waals surface area contributed by atoms with Gasteiger partial charge in [-0.15, -0.1) is 0 Å². The number of hydrogen-bond acceptors (Lipinski definition) is 1. The number of rotatable bonds is 1. The van der Waals surface area contributed by atoms with E-state index in [2.05, 4.69) is 20.9 Å². The summed E-state index contributed by atoms with van der Waals surface area (Å²) < 4.78 is 14.6. The van der Waals surface area contributed by atoms with Crippen molar-refractivity contribution in [3.63, 3.8) is 0 Å². The number of aryl methyl sites for hydroxylation is 1. The average Bonchev–Trinajstić information content (AvgIpc) is 2.04. The Balaban J connectivity index is 3.06. The molecular weight excluding hydrogens is 190 g/mol. The molecule has 0 fully saturated rings. The summed E-state index contributed by atoms with van der Waals surface area (Å²) in [5, 5.41) is 0. The molecule has 0 unspecified atom stereocenters. The van der Waals surface area contributed by atoms with E-state index >= 15 is 0 Å². The highest BCUT2D eigenvalue weighted by Gasteiger charge is 1.84. The van der Waals surface area contributed by atoms with Crippen LogP contribution in [0.1, 0.15) is 14.0 Å². The minimum atomic E-state index is 0.0770. The van der Waals surface area contributed by atoms with Crippen molar-refractivity contribution in [3.8, 4) is 0 Å².